The van der Waals surface area contributed by atoms with E-state index in [-0.39, 0.29) is 5.76 Å². The summed E-state index contributed by atoms with van der Waals surface area (Å²) in [6.45, 7) is 3.80. The minimum Gasteiger partial charge on any atom is -0.475 e. The number of hydrogen-bond donors (Lipinski definition) is 1. The fourth-order valence-corrected chi connectivity index (χ4v) is 2.28. The zero-order chi connectivity index (χ0) is 11.7. The van der Waals surface area contributed by atoms with E-state index in [4.69, 9.17) is 9.52 Å². The summed E-state index contributed by atoms with van der Waals surface area (Å²) in [6, 6.07) is 0. The maximum Gasteiger partial charge on any atom is 0.373 e. The normalized spacial score (nSPS) is 10.6. The van der Waals surface area contributed by atoms with Gasteiger partial charge in [-0.2, -0.15) is 11.3 Å². The number of oxazole rings is 1. The van der Waals surface area contributed by atoms with Crippen LogP contribution in [0.5, 0.6) is 0 Å². The van der Waals surface area contributed by atoms with Gasteiger partial charge in [0.05, 0.1) is 11.3 Å². The summed E-state index contributed by atoms with van der Waals surface area (Å²) in [6.07, 6.45) is 0.550. The van der Waals surface area contributed by atoms with E-state index in [1.807, 2.05) is 24.6 Å². The smallest absolute Gasteiger partial charge is 0.373 e. The number of aromatic nitrogens is 1. The van der Waals surface area contributed by atoms with E-state index in [2.05, 4.69) is 4.98 Å². The van der Waals surface area contributed by atoms with Crippen molar-refractivity contribution in [2.75, 3.05) is 0 Å². The molecule has 2 rings (SSSR count). The zero-order valence-corrected chi connectivity index (χ0v) is 9.80. The predicted molar refractivity (Wildman–Crippen MR) is 60.9 cm³/mol. The highest BCUT2D eigenvalue weighted by Crippen LogP contribution is 2.28. The van der Waals surface area contributed by atoms with E-state index in [0.29, 0.717) is 18.0 Å². The Balaban J connectivity index is 2.52. The van der Waals surface area contributed by atoms with Gasteiger partial charge in [-0.25, -0.2) is 9.78 Å². The average molecular weight is 237 g/mol. The number of rotatable bonds is 3. The second-order valence-corrected chi connectivity index (χ2v) is 4.17. The molecule has 0 aromatic carbocycles. The maximum absolute atomic E-state index is 10.9. The highest BCUT2D eigenvalue weighted by Gasteiger charge is 2.19. The monoisotopic (exact) mass is 237 g/mol. The molecule has 0 aliphatic carbocycles. The maximum atomic E-state index is 10.9. The third kappa shape index (κ3) is 1.74. The molecular weight excluding hydrogens is 226 g/mol. The van der Waals surface area contributed by atoms with Crippen molar-refractivity contribution in [2.24, 2.45) is 0 Å². The molecule has 0 fully saturated rings. The first-order valence-corrected chi connectivity index (χ1v) is 5.84. The van der Waals surface area contributed by atoms with Gasteiger partial charge in [-0.05, 0) is 24.3 Å². The summed E-state index contributed by atoms with van der Waals surface area (Å²) in [5.74, 6) is -0.723. The van der Waals surface area contributed by atoms with E-state index in [1.165, 1.54) is 0 Å². The molecule has 0 unspecified atom stereocenters. The minimum atomic E-state index is -1.07. The van der Waals surface area contributed by atoms with Crippen LogP contribution in [0.4, 0.5) is 0 Å². The Bertz CT molecular complexity index is 527. The fraction of sp³-hybridized carbons (Fsp3) is 0.273. The van der Waals surface area contributed by atoms with Crippen LogP contribution in [0.3, 0.4) is 0 Å². The van der Waals surface area contributed by atoms with Gasteiger partial charge in [0.1, 0.15) is 0 Å². The summed E-state index contributed by atoms with van der Waals surface area (Å²) in [7, 11) is 0. The molecule has 0 amide bonds. The fourth-order valence-electron chi connectivity index (χ4n) is 1.45. The Kier molecular flexibility index (Phi) is 2.78. The van der Waals surface area contributed by atoms with Crippen molar-refractivity contribution in [3.8, 4) is 11.5 Å². The topological polar surface area (TPSA) is 63.3 Å². The van der Waals surface area contributed by atoms with Crippen LogP contribution >= 0.6 is 11.3 Å². The van der Waals surface area contributed by atoms with Crippen molar-refractivity contribution in [2.45, 2.75) is 20.3 Å². The van der Waals surface area contributed by atoms with Crippen molar-refractivity contribution >= 4 is 17.3 Å². The predicted octanol–water partition coefficient (Wildman–Crippen LogP) is 2.97. The molecule has 0 aliphatic rings. The molecule has 0 atom stereocenters. The molecule has 0 bridgehead atoms. The van der Waals surface area contributed by atoms with E-state index in [1.54, 1.807) is 11.3 Å². The van der Waals surface area contributed by atoms with Crippen molar-refractivity contribution in [3.05, 3.63) is 27.8 Å². The van der Waals surface area contributed by atoms with Gasteiger partial charge < -0.3 is 9.52 Å². The largest absolute Gasteiger partial charge is 0.475 e. The third-order valence-electron chi connectivity index (χ3n) is 2.31. The van der Waals surface area contributed by atoms with Gasteiger partial charge in [-0.1, -0.05) is 6.92 Å². The molecule has 0 aliphatic heterocycles. The Morgan fingerprint density at radius 2 is 2.31 bits per heavy atom. The summed E-state index contributed by atoms with van der Waals surface area (Å²) in [4.78, 5) is 15.1. The van der Waals surface area contributed by atoms with E-state index < -0.39 is 5.97 Å². The first-order valence-electron chi connectivity index (χ1n) is 4.89. The van der Waals surface area contributed by atoms with Crippen molar-refractivity contribution in [1.29, 1.82) is 0 Å². The van der Waals surface area contributed by atoms with Gasteiger partial charge in [0.2, 0.25) is 11.7 Å². The molecule has 0 saturated heterocycles. The molecule has 4 nitrogen and oxygen atoms in total. The lowest BCUT2D eigenvalue weighted by molar-refractivity contribution is 0.0662. The number of hydrogen-bond acceptors (Lipinski definition) is 4. The summed E-state index contributed by atoms with van der Waals surface area (Å²) in [5, 5.41) is 12.8. The van der Waals surface area contributed by atoms with Crippen molar-refractivity contribution in [1.82, 2.24) is 4.98 Å². The molecule has 2 aromatic rings. The number of aryl methyl sites for hydroxylation is 2. The molecule has 2 heterocycles. The molecule has 0 spiro atoms. The van der Waals surface area contributed by atoms with Crippen LogP contribution in [0.1, 0.15) is 28.7 Å². The molecule has 2 aromatic heterocycles. The van der Waals surface area contributed by atoms with Crippen LogP contribution in [-0.4, -0.2) is 16.1 Å². The summed E-state index contributed by atoms with van der Waals surface area (Å²) >= 11 is 1.54. The quantitative estimate of drug-likeness (QED) is 0.891. The van der Waals surface area contributed by atoms with Gasteiger partial charge >= 0.3 is 5.97 Å². The van der Waals surface area contributed by atoms with Crippen molar-refractivity contribution in [3.63, 3.8) is 0 Å². The number of carboxylic acids is 1. The standard InChI is InChI=1S/C11H11NO3S/c1-3-8-9(11(13)14)15-10(12-8)7-5-16-4-6(7)2/h4-5H,3H2,1-2H3,(H,13,14). The lowest BCUT2D eigenvalue weighted by Crippen LogP contribution is -1.98. The lowest BCUT2D eigenvalue weighted by atomic mass is 10.2. The van der Waals surface area contributed by atoms with Crippen LogP contribution in [0.2, 0.25) is 0 Å². The number of aromatic carboxylic acids is 1. The Morgan fingerprint density at radius 1 is 1.56 bits per heavy atom. The number of thiophene rings is 1. The molecular formula is C11H11NO3S. The van der Waals surface area contributed by atoms with Crippen molar-refractivity contribution < 1.29 is 14.3 Å². The van der Waals surface area contributed by atoms with Crippen LogP contribution < -0.4 is 0 Å². The Hall–Kier alpha value is -1.62. The molecule has 5 heteroatoms. The van der Waals surface area contributed by atoms with Crippen LogP contribution in [0, 0.1) is 6.92 Å². The Labute approximate surface area is 96.6 Å². The van der Waals surface area contributed by atoms with E-state index in [0.717, 1.165) is 11.1 Å². The molecule has 16 heavy (non-hydrogen) atoms. The molecule has 0 radical (unpaired) electrons. The highest BCUT2D eigenvalue weighted by molar-refractivity contribution is 7.08. The Morgan fingerprint density at radius 3 is 2.75 bits per heavy atom. The number of nitrogens with zero attached hydrogens (tertiary/aromatic N) is 1. The van der Waals surface area contributed by atoms with Gasteiger partial charge in [-0.15, -0.1) is 0 Å². The molecule has 1 N–H and O–H groups in total. The van der Waals surface area contributed by atoms with Gasteiger partial charge in [-0.3, -0.25) is 0 Å². The minimum absolute atomic E-state index is 0.0527. The number of carbonyl (C=O) groups is 1. The molecule has 84 valence electrons. The van der Waals surface area contributed by atoms with Crippen LogP contribution in [0.25, 0.3) is 11.5 Å². The third-order valence-corrected chi connectivity index (χ3v) is 3.17. The molecule has 0 saturated carbocycles. The zero-order valence-electron chi connectivity index (χ0n) is 8.98. The van der Waals surface area contributed by atoms with Crippen LogP contribution in [-0.2, 0) is 6.42 Å². The van der Waals surface area contributed by atoms with E-state index >= 15 is 0 Å². The second-order valence-electron chi connectivity index (χ2n) is 3.42. The average Bonchev–Trinajstić information content (AvgIpc) is 2.82. The number of carboxylic acid groups (broad SMARTS) is 1. The second kappa shape index (κ2) is 4.09. The van der Waals surface area contributed by atoms with Crippen LogP contribution in [0.15, 0.2) is 15.2 Å². The first-order chi connectivity index (χ1) is 7.63. The summed E-state index contributed by atoms with van der Waals surface area (Å²) < 4.78 is 5.29. The SMILES string of the molecule is CCc1nc(-c2cscc2C)oc1C(=O)O. The summed E-state index contributed by atoms with van der Waals surface area (Å²) in [5.41, 5.74) is 2.41. The van der Waals surface area contributed by atoms with Gasteiger partial charge in [0.15, 0.2) is 0 Å². The van der Waals surface area contributed by atoms with Gasteiger partial charge in [0.25, 0.3) is 0 Å². The first kappa shape index (κ1) is 10.9. The van der Waals surface area contributed by atoms with Gasteiger partial charge in [0, 0.05) is 5.38 Å². The lowest BCUT2D eigenvalue weighted by Gasteiger charge is -1.91. The highest BCUT2D eigenvalue weighted by atomic mass is 32.1. The van der Waals surface area contributed by atoms with E-state index in [9.17, 15) is 4.79 Å².